The van der Waals surface area contributed by atoms with E-state index in [4.69, 9.17) is 4.74 Å². The Hall–Kier alpha value is -5.22. The van der Waals surface area contributed by atoms with Crippen molar-refractivity contribution in [3.05, 3.63) is 113 Å². The van der Waals surface area contributed by atoms with Crippen LogP contribution >= 0.6 is 0 Å². The van der Waals surface area contributed by atoms with Crippen LogP contribution in [0.4, 0.5) is 21.0 Å². The summed E-state index contributed by atoms with van der Waals surface area (Å²) in [4.78, 5) is 27.2. The molecule has 0 fully saturated rings. The molecule has 0 spiro atoms. The lowest BCUT2D eigenvalue weighted by molar-refractivity contribution is 0.0198. The fourth-order valence-corrected chi connectivity index (χ4v) is 4.95. The van der Waals surface area contributed by atoms with Crippen molar-refractivity contribution in [3.63, 3.8) is 0 Å². The van der Waals surface area contributed by atoms with Crippen molar-refractivity contribution in [3.8, 4) is 17.2 Å². The zero-order valence-electron chi connectivity index (χ0n) is 21.8. The number of aromatic hydroxyl groups is 2. The number of nitrogens with zero attached hydrogens (tertiary/aromatic N) is 2. The van der Waals surface area contributed by atoms with E-state index in [0.717, 1.165) is 15.9 Å². The van der Waals surface area contributed by atoms with Crippen LogP contribution in [-0.2, 0) is 19.5 Å². The molecule has 0 aromatic heterocycles. The van der Waals surface area contributed by atoms with Gasteiger partial charge in [0.25, 0.3) is 0 Å². The van der Waals surface area contributed by atoms with Gasteiger partial charge < -0.3 is 30.3 Å². The third kappa shape index (κ3) is 5.87. The van der Waals surface area contributed by atoms with E-state index in [1.807, 2.05) is 12.1 Å². The second-order valence-electron chi connectivity index (χ2n) is 9.71. The molecule has 4 aromatic carbocycles. The lowest BCUT2D eigenvalue weighted by Gasteiger charge is -2.33. The van der Waals surface area contributed by atoms with E-state index in [1.165, 1.54) is 18.2 Å². The van der Waals surface area contributed by atoms with E-state index < -0.39 is 24.4 Å². The van der Waals surface area contributed by atoms with E-state index >= 15 is 0 Å². The summed E-state index contributed by atoms with van der Waals surface area (Å²) in [5.74, 6) is -0.254. The van der Waals surface area contributed by atoms with Gasteiger partial charge in [0.1, 0.15) is 23.4 Å². The normalized spacial score (nSPS) is 15.8. The Morgan fingerprint density at radius 1 is 0.756 bits per heavy atom. The van der Waals surface area contributed by atoms with Gasteiger partial charge >= 0.3 is 12.2 Å². The molecule has 1 aliphatic rings. The Labute approximate surface area is 235 Å². The molecule has 0 unspecified atom stereocenters. The summed E-state index contributed by atoms with van der Waals surface area (Å²) < 4.78 is 5.98. The molecule has 0 bridgehead atoms. The smallest absolute Gasteiger partial charge is 0.412 e. The molecule has 5 N–H and O–H groups in total. The first-order chi connectivity index (χ1) is 19.7. The second kappa shape index (κ2) is 11.5. The number of hydrogen-bond donors (Lipinski definition) is 5. The topological polar surface area (TPSA) is 151 Å². The lowest BCUT2D eigenvalue weighted by atomic mass is 9.93. The van der Waals surface area contributed by atoms with Crippen LogP contribution in [0.2, 0.25) is 0 Å². The first-order valence-corrected chi connectivity index (χ1v) is 12.8. The highest BCUT2D eigenvalue weighted by Gasteiger charge is 2.34. The van der Waals surface area contributed by atoms with Crippen LogP contribution in [0.15, 0.2) is 91.0 Å². The third-order valence-corrected chi connectivity index (χ3v) is 6.93. The molecule has 10 heteroatoms. The van der Waals surface area contributed by atoms with Crippen LogP contribution in [-0.4, -0.2) is 43.8 Å². The van der Waals surface area contributed by atoms with Crippen molar-refractivity contribution in [1.82, 2.24) is 0 Å². The fraction of sp³-hybridized carbons (Fsp3) is 0.161. The van der Waals surface area contributed by atoms with Gasteiger partial charge in [0.15, 0.2) is 0 Å². The van der Waals surface area contributed by atoms with Crippen molar-refractivity contribution in [2.45, 2.75) is 31.7 Å². The maximum atomic E-state index is 12.6. The molecule has 2 atom stereocenters. The zero-order chi connectivity index (χ0) is 29.1. The van der Waals surface area contributed by atoms with Gasteiger partial charge in [0.2, 0.25) is 0 Å². The number of benzene rings is 4. The van der Waals surface area contributed by atoms with Crippen molar-refractivity contribution >= 4 is 23.6 Å². The van der Waals surface area contributed by atoms with E-state index in [9.17, 15) is 35.1 Å². The Bertz CT molecular complexity index is 1560. The molecule has 41 heavy (non-hydrogen) atoms. The third-order valence-electron chi connectivity index (χ3n) is 6.93. The van der Waals surface area contributed by atoms with Gasteiger partial charge in [-0.3, -0.25) is 9.80 Å². The molecular formula is C31H28N2O8. The minimum Gasteiger partial charge on any atom is -0.508 e. The summed E-state index contributed by atoms with van der Waals surface area (Å²) >= 11 is 0. The van der Waals surface area contributed by atoms with Crippen LogP contribution in [0.5, 0.6) is 17.2 Å². The molecule has 2 amide bonds. The number of anilines is 2. The van der Waals surface area contributed by atoms with Gasteiger partial charge in [0.05, 0.1) is 30.6 Å². The summed E-state index contributed by atoms with van der Waals surface area (Å²) in [6.07, 6.45) is -4.67. The van der Waals surface area contributed by atoms with Crippen LogP contribution in [0, 0.1) is 0 Å². The number of carbonyl (C=O) groups is 2. The quantitative estimate of drug-likeness (QED) is 0.200. The lowest BCUT2D eigenvalue weighted by Crippen LogP contribution is -2.35. The first kappa shape index (κ1) is 27.4. The number of amides is 2. The molecule has 1 heterocycles. The Morgan fingerprint density at radius 3 is 1.88 bits per heavy atom. The molecule has 210 valence electrons. The highest BCUT2D eigenvalue weighted by atomic mass is 16.5. The fourth-order valence-electron chi connectivity index (χ4n) is 4.95. The van der Waals surface area contributed by atoms with E-state index in [1.54, 1.807) is 54.6 Å². The Balaban J connectivity index is 1.61. The molecular weight excluding hydrogens is 528 g/mol. The number of rotatable bonds is 7. The van der Waals surface area contributed by atoms with Crippen LogP contribution in [0.3, 0.4) is 0 Å². The highest BCUT2D eigenvalue weighted by Crippen LogP contribution is 2.43. The number of ether oxygens (including phenoxy) is 1. The van der Waals surface area contributed by atoms with E-state index in [0.29, 0.717) is 22.3 Å². The summed E-state index contributed by atoms with van der Waals surface area (Å²) in [5.41, 5.74) is 2.32. The van der Waals surface area contributed by atoms with Gasteiger partial charge in [-0.05, 0) is 28.8 Å². The largest absolute Gasteiger partial charge is 0.508 e. The number of phenolic OH excluding ortho intramolecular Hbond substituents is 2. The van der Waals surface area contributed by atoms with Crippen LogP contribution < -0.4 is 14.5 Å². The zero-order valence-corrected chi connectivity index (χ0v) is 21.8. The van der Waals surface area contributed by atoms with Gasteiger partial charge in [-0.25, -0.2) is 9.59 Å². The SMILES string of the molecule is O=C(O)N(Cc1ccccc1)c1ccc([C@H]2Oc3cc(O)cc(O)c3C[C@H]2O)cc1N(Cc1ccccc1)C(=O)O. The highest BCUT2D eigenvalue weighted by molar-refractivity contribution is 5.97. The van der Waals surface area contributed by atoms with Gasteiger partial charge in [-0.2, -0.15) is 0 Å². The number of aliphatic hydroxyl groups excluding tert-OH is 1. The van der Waals surface area contributed by atoms with Crippen LogP contribution in [0.1, 0.15) is 28.4 Å². The summed E-state index contributed by atoms with van der Waals surface area (Å²) in [6.45, 7) is -0.0973. The summed E-state index contributed by atoms with van der Waals surface area (Å²) in [7, 11) is 0. The maximum absolute atomic E-state index is 12.6. The summed E-state index contributed by atoms with van der Waals surface area (Å²) in [6, 6.07) is 24.9. The average molecular weight is 557 g/mol. The van der Waals surface area contributed by atoms with Gasteiger partial charge in [-0.1, -0.05) is 66.7 Å². The van der Waals surface area contributed by atoms with Crippen LogP contribution in [0.25, 0.3) is 0 Å². The molecule has 10 nitrogen and oxygen atoms in total. The predicted molar refractivity (Wildman–Crippen MR) is 151 cm³/mol. The number of carboxylic acid groups (broad SMARTS) is 2. The predicted octanol–water partition coefficient (Wildman–Crippen LogP) is 5.50. The maximum Gasteiger partial charge on any atom is 0.412 e. The number of aliphatic hydroxyl groups is 1. The standard InChI is InChI=1S/C31H28N2O8/c34-22-14-26(35)23-16-27(36)29(41-28(23)15-22)21-11-12-24(32(30(37)38)17-19-7-3-1-4-8-19)25(13-21)33(31(39)40)18-20-9-5-2-6-10-20/h1-15,27,29,34-36H,16-18H2,(H,37,38)(H,39,40)/t27-,29-/m1/s1. The molecule has 5 rings (SSSR count). The number of fused-ring (bicyclic) bond motifs is 1. The van der Waals surface area contributed by atoms with Gasteiger partial charge in [0, 0.05) is 24.1 Å². The van der Waals surface area contributed by atoms with E-state index in [-0.39, 0.29) is 48.1 Å². The van der Waals surface area contributed by atoms with Crippen molar-refractivity contribution in [1.29, 1.82) is 0 Å². The molecule has 0 aliphatic carbocycles. The molecule has 4 aromatic rings. The minimum atomic E-state index is -1.30. The molecule has 0 radical (unpaired) electrons. The van der Waals surface area contributed by atoms with Crippen molar-refractivity contribution in [2.24, 2.45) is 0 Å². The summed E-state index contributed by atoms with van der Waals surface area (Å²) in [5, 5.41) is 51.6. The second-order valence-corrected chi connectivity index (χ2v) is 9.71. The first-order valence-electron chi connectivity index (χ1n) is 12.8. The molecule has 0 saturated heterocycles. The van der Waals surface area contributed by atoms with Gasteiger partial charge in [-0.15, -0.1) is 0 Å². The number of phenols is 2. The van der Waals surface area contributed by atoms with E-state index in [2.05, 4.69) is 0 Å². The van der Waals surface area contributed by atoms with Crippen molar-refractivity contribution in [2.75, 3.05) is 9.80 Å². The molecule has 0 saturated carbocycles. The van der Waals surface area contributed by atoms with Crippen molar-refractivity contribution < 1.29 is 39.9 Å². The number of hydrogen-bond acceptors (Lipinski definition) is 6. The monoisotopic (exact) mass is 556 g/mol. The molecule has 1 aliphatic heterocycles. The minimum absolute atomic E-state index is 0.0190. The average Bonchev–Trinajstić information content (AvgIpc) is 2.95. The Morgan fingerprint density at radius 2 is 1.32 bits per heavy atom. The Kier molecular flexibility index (Phi) is 7.66.